The molecule has 1 N–H and O–H groups in total. The smallest absolute Gasteiger partial charge is 0.211 e. The van der Waals surface area contributed by atoms with E-state index in [-0.39, 0.29) is 0 Å². The summed E-state index contributed by atoms with van der Waals surface area (Å²) in [6.45, 7) is 4.05. The second kappa shape index (κ2) is 7.31. The van der Waals surface area contributed by atoms with E-state index in [4.69, 9.17) is 0 Å². The van der Waals surface area contributed by atoms with Crippen molar-refractivity contribution in [1.29, 1.82) is 0 Å². The fraction of sp³-hybridized carbons (Fsp3) is 0.167. The maximum Gasteiger partial charge on any atom is 0.211 e. The predicted molar refractivity (Wildman–Crippen MR) is 96.5 cm³/mol. The summed E-state index contributed by atoms with van der Waals surface area (Å²) in [7, 11) is 0. The summed E-state index contributed by atoms with van der Waals surface area (Å²) < 4.78 is 1.99. The number of anilines is 1. The van der Waals surface area contributed by atoms with Crippen LogP contribution in [-0.4, -0.2) is 20.9 Å². The molecule has 122 valence electrons. The fourth-order valence-electron chi connectivity index (χ4n) is 2.51. The molecule has 0 saturated carbocycles. The monoisotopic (exact) mass is 338 g/mol. The number of carbonyl (C=O) groups excluding carboxylic acids is 1. The molecule has 3 rings (SSSR count). The first-order valence-corrected chi connectivity index (χ1v) is 8.56. The Labute approximate surface area is 145 Å². The van der Waals surface area contributed by atoms with Crippen LogP contribution in [0.1, 0.15) is 16.8 Å². The van der Waals surface area contributed by atoms with E-state index < -0.39 is 0 Å². The molecule has 0 bridgehead atoms. The van der Waals surface area contributed by atoms with Gasteiger partial charge in [-0.2, -0.15) is 0 Å². The third-order valence-corrected chi connectivity index (χ3v) is 4.54. The Morgan fingerprint density at radius 1 is 1.25 bits per heavy atom. The molecule has 0 saturated heterocycles. The van der Waals surface area contributed by atoms with Gasteiger partial charge in [0.05, 0.1) is 0 Å². The summed E-state index contributed by atoms with van der Waals surface area (Å²) in [4.78, 5) is 19.7. The third-order valence-electron chi connectivity index (χ3n) is 3.53. The normalized spacial score (nSPS) is 10.6. The van der Waals surface area contributed by atoms with Crippen LogP contribution in [0.4, 0.5) is 5.69 Å². The van der Waals surface area contributed by atoms with Gasteiger partial charge in [-0.3, -0.25) is 9.36 Å². The second-order valence-electron chi connectivity index (χ2n) is 5.43. The number of thioether (sulfide) groups is 1. The number of hydrogen-bond acceptors (Lipinski definition) is 4. The number of amides is 1. The van der Waals surface area contributed by atoms with Crippen molar-refractivity contribution in [2.24, 2.45) is 0 Å². The van der Waals surface area contributed by atoms with Crippen LogP contribution in [0.2, 0.25) is 0 Å². The van der Waals surface area contributed by atoms with Crippen molar-refractivity contribution in [2.75, 3.05) is 5.32 Å². The van der Waals surface area contributed by atoms with Crippen LogP contribution in [0.3, 0.4) is 0 Å². The quantitative estimate of drug-likeness (QED) is 0.549. The van der Waals surface area contributed by atoms with Crippen molar-refractivity contribution >= 4 is 23.9 Å². The zero-order valence-corrected chi connectivity index (χ0v) is 14.4. The van der Waals surface area contributed by atoms with Gasteiger partial charge in [0.1, 0.15) is 5.82 Å². The SMILES string of the molecule is Cc1cc(C)nc(-n2ccnc2SCc2ccccc2NC=O)c1. The third kappa shape index (κ3) is 3.65. The molecule has 2 aromatic heterocycles. The van der Waals surface area contributed by atoms with Crippen molar-refractivity contribution < 1.29 is 4.79 Å². The molecule has 1 amide bonds. The van der Waals surface area contributed by atoms with Gasteiger partial charge in [-0.1, -0.05) is 30.0 Å². The van der Waals surface area contributed by atoms with Crippen LogP contribution >= 0.6 is 11.8 Å². The van der Waals surface area contributed by atoms with Gasteiger partial charge in [0, 0.05) is 29.5 Å². The van der Waals surface area contributed by atoms with Crippen LogP contribution in [-0.2, 0) is 10.5 Å². The number of benzene rings is 1. The average molecular weight is 338 g/mol. The lowest BCUT2D eigenvalue weighted by atomic mass is 10.2. The molecule has 0 spiro atoms. The lowest BCUT2D eigenvalue weighted by Crippen LogP contribution is -2.01. The molecule has 1 aromatic carbocycles. The van der Waals surface area contributed by atoms with E-state index in [1.807, 2.05) is 48.0 Å². The summed E-state index contributed by atoms with van der Waals surface area (Å²) in [5.41, 5.74) is 4.03. The molecule has 24 heavy (non-hydrogen) atoms. The zero-order valence-electron chi connectivity index (χ0n) is 13.6. The second-order valence-corrected chi connectivity index (χ2v) is 6.37. The van der Waals surface area contributed by atoms with E-state index in [2.05, 4.69) is 28.3 Å². The molecule has 0 unspecified atom stereocenters. The number of nitrogens with one attached hydrogen (secondary N) is 1. The number of aromatic nitrogens is 3. The molecular formula is C18H18N4OS. The van der Waals surface area contributed by atoms with Crippen molar-refractivity contribution in [2.45, 2.75) is 24.8 Å². The minimum atomic E-state index is 0.698. The Kier molecular flexibility index (Phi) is 4.96. The molecule has 3 aromatic rings. The highest BCUT2D eigenvalue weighted by Gasteiger charge is 2.09. The molecule has 0 aliphatic heterocycles. The van der Waals surface area contributed by atoms with E-state index in [0.29, 0.717) is 12.2 Å². The minimum absolute atomic E-state index is 0.698. The molecule has 2 heterocycles. The molecule has 0 atom stereocenters. The van der Waals surface area contributed by atoms with Gasteiger partial charge < -0.3 is 5.32 Å². The first kappa shape index (κ1) is 16.3. The van der Waals surface area contributed by atoms with Crippen LogP contribution in [0.25, 0.3) is 5.82 Å². The van der Waals surface area contributed by atoms with Crippen molar-refractivity contribution in [3.63, 3.8) is 0 Å². The van der Waals surface area contributed by atoms with Gasteiger partial charge in [-0.05, 0) is 43.2 Å². The highest BCUT2D eigenvalue weighted by molar-refractivity contribution is 7.98. The summed E-state index contributed by atoms with van der Waals surface area (Å²) in [5.74, 6) is 1.57. The first-order chi connectivity index (χ1) is 11.7. The zero-order chi connectivity index (χ0) is 16.9. The highest BCUT2D eigenvalue weighted by atomic mass is 32.2. The maximum absolute atomic E-state index is 10.7. The van der Waals surface area contributed by atoms with Gasteiger partial charge >= 0.3 is 0 Å². The largest absolute Gasteiger partial charge is 0.328 e. The molecule has 0 aliphatic rings. The van der Waals surface area contributed by atoms with Crippen LogP contribution in [0.15, 0.2) is 53.9 Å². The molecule has 6 heteroatoms. The number of aryl methyl sites for hydroxylation is 2. The van der Waals surface area contributed by atoms with Gasteiger partial charge in [-0.15, -0.1) is 0 Å². The van der Waals surface area contributed by atoms with Crippen molar-refractivity contribution in [1.82, 2.24) is 14.5 Å². The number of imidazole rings is 1. The van der Waals surface area contributed by atoms with E-state index in [1.54, 1.807) is 18.0 Å². The fourth-order valence-corrected chi connectivity index (χ4v) is 3.47. The minimum Gasteiger partial charge on any atom is -0.328 e. The lowest BCUT2D eigenvalue weighted by Gasteiger charge is -2.10. The summed E-state index contributed by atoms with van der Waals surface area (Å²) >= 11 is 1.61. The molecule has 0 aliphatic carbocycles. The topological polar surface area (TPSA) is 59.8 Å². The Hall–Kier alpha value is -2.60. The van der Waals surface area contributed by atoms with Gasteiger partial charge in [0.25, 0.3) is 0 Å². The number of hydrogen-bond donors (Lipinski definition) is 1. The Bertz CT molecular complexity index is 839. The van der Waals surface area contributed by atoms with Crippen molar-refractivity contribution in [3.05, 3.63) is 65.6 Å². The maximum atomic E-state index is 10.7. The van der Waals surface area contributed by atoms with E-state index in [9.17, 15) is 4.79 Å². The number of pyridine rings is 1. The summed E-state index contributed by atoms with van der Waals surface area (Å²) in [6.07, 6.45) is 4.39. The number of carbonyl (C=O) groups is 1. The number of rotatable bonds is 6. The van der Waals surface area contributed by atoms with Crippen LogP contribution < -0.4 is 5.32 Å². The van der Waals surface area contributed by atoms with Crippen LogP contribution in [0, 0.1) is 13.8 Å². The van der Waals surface area contributed by atoms with E-state index in [1.165, 1.54) is 5.56 Å². The first-order valence-electron chi connectivity index (χ1n) is 7.57. The molecular weight excluding hydrogens is 320 g/mol. The predicted octanol–water partition coefficient (Wildman–Crippen LogP) is 3.74. The average Bonchev–Trinajstić information content (AvgIpc) is 3.02. The standard InChI is InChI=1S/C18H18N4OS/c1-13-9-14(2)21-17(10-13)22-8-7-19-18(22)24-11-15-5-3-4-6-16(15)20-12-23/h3-10,12H,11H2,1-2H3,(H,20,23). The molecule has 0 fully saturated rings. The number of nitrogens with zero attached hydrogens (tertiary/aromatic N) is 3. The van der Waals surface area contributed by atoms with E-state index >= 15 is 0 Å². The Morgan fingerprint density at radius 2 is 2.08 bits per heavy atom. The Balaban J connectivity index is 1.83. The van der Waals surface area contributed by atoms with Gasteiger partial charge in [0.2, 0.25) is 6.41 Å². The molecule has 5 nitrogen and oxygen atoms in total. The Morgan fingerprint density at radius 3 is 2.88 bits per heavy atom. The highest BCUT2D eigenvalue weighted by Crippen LogP contribution is 2.27. The van der Waals surface area contributed by atoms with Crippen molar-refractivity contribution in [3.8, 4) is 5.82 Å². The molecule has 0 radical (unpaired) electrons. The summed E-state index contributed by atoms with van der Waals surface area (Å²) in [6, 6.07) is 11.9. The lowest BCUT2D eigenvalue weighted by molar-refractivity contribution is -0.105. The number of para-hydroxylation sites is 1. The van der Waals surface area contributed by atoms with E-state index in [0.717, 1.165) is 27.9 Å². The van der Waals surface area contributed by atoms with Gasteiger partial charge in [-0.25, -0.2) is 9.97 Å². The van der Waals surface area contributed by atoms with Gasteiger partial charge in [0.15, 0.2) is 5.16 Å². The summed E-state index contributed by atoms with van der Waals surface area (Å²) in [5, 5.41) is 3.60. The van der Waals surface area contributed by atoms with Crippen LogP contribution in [0.5, 0.6) is 0 Å².